The summed E-state index contributed by atoms with van der Waals surface area (Å²) in [4.78, 5) is 14.4. The van der Waals surface area contributed by atoms with E-state index in [9.17, 15) is 0 Å². The molecule has 126 valence electrons. The first-order valence-electron chi connectivity index (χ1n) is 7.88. The second kappa shape index (κ2) is 6.66. The van der Waals surface area contributed by atoms with E-state index in [-0.39, 0.29) is 0 Å². The van der Waals surface area contributed by atoms with E-state index in [0.717, 1.165) is 22.4 Å². The van der Waals surface area contributed by atoms with E-state index >= 15 is 0 Å². The molecule has 0 saturated heterocycles. The van der Waals surface area contributed by atoms with Gasteiger partial charge in [-0.3, -0.25) is 4.90 Å². The number of para-hydroxylation sites is 2. The summed E-state index contributed by atoms with van der Waals surface area (Å²) in [5.41, 5.74) is 2.83. The summed E-state index contributed by atoms with van der Waals surface area (Å²) in [7, 11) is 1.98. The second-order valence-electron chi connectivity index (χ2n) is 5.90. The van der Waals surface area contributed by atoms with Crippen molar-refractivity contribution in [2.24, 2.45) is 0 Å². The quantitative estimate of drug-likeness (QED) is 0.589. The van der Waals surface area contributed by atoms with Crippen LogP contribution in [0.3, 0.4) is 0 Å². The average Bonchev–Trinajstić information content (AvgIpc) is 3.21. The summed E-state index contributed by atoms with van der Waals surface area (Å²) in [6, 6.07) is 15.4. The van der Waals surface area contributed by atoms with E-state index in [2.05, 4.69) is 25.0 Å². The van der Waals surface area contributed by atoms with Gasteiger partial charge < -0.3 is 9.51 Å². The topological polar surface area (TPSA) is 70.8 Å². The third-order valence-corrected chi connectivity index (χ3v) is 4.05. The molecule has 2 aromatic heterocycles. The zero-order chi connectivity index (χ0) is 17.2. The van der Waals surface area contributed by atoms with E-state index in [4.69, 9.17) is 16.1 Å². The van der Waals surface area contributed by atoms with Gasteiger partial charge in [0, 0.05) is 10.6 Å². The Balaban J connectivity index is 1.45. The molecule has 7 heteroatoms. The molecule has 1 N–H and O–H groups in total. The van der Waals surface area contributed by atoms with Crippen LogP contribution in [-0.4, -0.2) is 32.1 Å². The third-order valence-electron chi connectivity index (χ3n) is 3.81. The number of halogens is 1. The van der Waals surface area contributed by atoms with Crippen LogP contribution < -0.4 is 0 Å². The summed E-state index contributed by atoms with van der Waals surface area (Å²) >= 11 is 6.00. The molecule has 0 spiro atoms. The standard InChI is InChI=1S/C18H16ClN5O/c1-24(10-16-20-14-7-2-3-8-15(14)21-16)11-17-22-18(23-25-17)12-5-4-6-13(19)9-12/h2-9H,10-11H2,1H3,(H,20,21). The molecule has 0 aliphatic rings. The Bertz CT molecular complexity index is 976. The maximum absolute atomic E-state index is 6.00. The van der Waals surface area contributed by atoms with Gasteiger partial charge in [-0.25, -0.2) is 4.98 Å². The number of aromatic amines is 1. The van der Waals surface area contributed by atoms with Crippen molar-refractivity contribution in [2.75, 3.05) is 7.05 Å². The molecule has 2 heterocycles. The van der Waals surface area contributed by atoms with Gasteiger partial charge in [-0.1, -0.05) is 41.0 Å². The normalized spacial score (nSPS) is 11.5. The highest BCUT2D eigenvalue weighted by molar-refractivity contribution is 6.30. The van der Waals surface area contributed by atoms with E-state index in [1.165, 1.54) is 0 Å². The predicted molar refractivity (Wildman–Crippen MR) is 96.0 cm³/mol. The Morgan fingerprint density at radius 2 is 1.96 bits per heavy atom. The van der Waals surface area contributed by atoms with Crippen LogP contribution in [0.2, 0.25) is 5.02 Å². The predicted octanol–water partition coefficient (Wildman–Crippen LogP) is 3.90. The first-order valence-corrected chi connectivity index (χ1v) is 8.26. The summed E-state index contributed by atoms with van der Waals surface area (Å²) in [6.45, 7) is 1.19. The highest BCUT2D eigenvalue weighted by Crippen LogP contribution is 2.20. The van der Waals surface area contributed by atoms with Crippen LogP contribution in [-0.2, 0) is 13.1 Å². The lowest BCUT2D eigenvalue weighted by atomic mass is 10.2. The van der Waals surface area contributed by atoms with Crippen LogP contribution in [0.4, 0.5) is 0 Å². The van der Waals surface area contributed by atoms with Crippen LogP contribution in [0.5, 0.6) is 0 Å². The zero-order valence-corrected chi connectivity index (χ0v) is 14.4. The van der Waals surface area contributed by atoms with Crippen LogP contribution in [0.15, 0.2) is 53.1 Å². The Hall–Kier alpha value is -2.70. The van der Waals surface area contributed by atoms with Gasteiger partial charge in [-0.2, -0.15) is 4.98 Å². The molecular formula is C18H16ClN5O. The lowest BCUT2D eigenvalue weighted by molar-refractivity contribution is 0.257. The summed E-state index contributed by atoms with van der Waals surface area (Å²) in [5, 5.41) is 4.67. The Morgan fingerprint density at radius 3 is 2.80 bits per heavy atom. The molecule has 6 nitrogen and oxygen atoms in total. The Kier molecular flexibility index (Phi) is 4.21. The fourth-order valence-corrected chi connectivity index (χ4v) is 2.88. The van der Waals surface area contributed by atoms with Gasteiger partial charge >= 0.3 is 0 Å². The zero-order valence-electron chi connectivity index (χ0n) is 13.6. The fraction of sp³-hybridized carbons (Fsp3) is 0.167. The van der Waals surface area contributed by atoms with Gasteiger partial charge in [0.25, 0.3) is 0 Å². The first-order chi connectivity index (χ1) is 12.2. The number of fused-ring (bicyclic) bond motifs is 1. The molecule has 0 aliphatic heterocycles. The van der Waals surface area contributed by atoms with Crippen molar-refractivity contribution in [3.8, 4) is 11.4 Å². The number of H-pyrrole nitrogens is 1. The molecule has 0 amide bonds. The van der Waals surface area contributed by atoms with Gasteiger partial charge in [0.1, 0.15) is 5.82 Å². The lowest BCUT2D eigenvalue weighted by Crippen LogP contribution is -2.18. The monoisotopic (exact) mass is 353 g/mol. The van der Waals surface area contributed by atoms with Crippen LogP contribution in [0, 0.1) is 0 Å². The number of hydrogen-bond acceptors (Lipinski definition) is 5. The van der Waals surface area contributed by atoms with Crippen molar-refractivity contribution < 1.29 is 4.52 Å². The smallest absolute Gasteiger partial charge is 0.241 e. The summed E-state index contributed by atoms with van der Waals surface area (Å²) < 4.78 is 5.35. The second-order valence-corrected chi connectivity index (χ2v) is 6.33. The minimum absolute atomic E-state index is 0.532. The van der Waals surface area contributed by atoms with Gasteiger partial charge in [0.15, 0.2) is 0 Å². The SMILES string of the molecule is CN(Cc1nc2ccccc2[nH]1)Cc1nc(-c2cccc(Cl)c2)no1. The lowest BCUT2D eigenvalue weighted by Gasteiger charge is -2.11. The Morgan fingerprint density at radius 1 is 1.08 bits per heavy atom. The van der Waals surface area contributed by atoms with Crippen molar-refractivity contribution in [1.29, 1.82) is 0 Å². The number of aromatic nitrogens is 4. The number of nitrogens with zero attached hydrogens (tertiary/aromatic N) is 4. The molecule has 0 unspecified atom stereocenters. The maximum atomic E-state index is 6.00. The average molecular weight is 354 g/mol. The molecular weight excluding hydrogens is 338 g/mol. The highest BCUT2D eigenvalue weighted by atomic mass is 35.5. The van der Waals surface area contributed by atoms with Crippen molar-refractivity contribution >= 4 is 22.6 Å². The molecule has 2 aromatic carbocycles. The minimum atomic E-state index is 0.532. The third kappa shape index (κ3) is 3.55. The molecule has 25 heavy (non-hydrogen) atoms. The molecule has 0 fully saturated rings. The molecule has 0 atom stereocenters. The fourth-order valence-electron chi connectivity index (χ4n) is 2.69. The van der Waals surface area contributed by atoms with Crippen molar-refractivity contribution in [3.05, 3.63) is 65.3 Å². The van der Waals surface area contributed by atoms with Crippen molar-refractivity contribution in [3.63, 3.8) is 0 Å². The van der Waals surface area contributed by atoms with Crippen LogP contribution >= 0.6 is 11.6 Å². The number of benzene rings is 2. The molecule has 0 saturated carbocycles. The van der Waals surface area contributed by atoms with Crippen molar-refractivity contribution in [1.82, 2.24) is 25.0 Å². The molecule has 0 bridgehead atoms. The molecule has 4 aromatic rings. The minimum Gasteiger partial charge on any atom is -0.341 e. The van der Waals surface area contributed by atoms with Crippen LogP contribution in [0.25, 0.3) is 22.4 Å². The van der Waals surface area contributed by atoms with Gasteiger partial charge in [-0.15, -0.1) is 0 Å². The highest BCUT2D eigenvalue weighted by Gasteiger charge is 2.12. The first kappa shape index (κ1) is 15.8. The molecule has 0 radical (unpaired) electrons. The van der Waals surface area contributed by atoms with Crippen LogP contribution in [0.1, 0.15) is 11.7 Å². The van der Waals surface area contributed by atoms with E-state index < -0.39 is 0 Å². The van der Waals surface area contributed by atoms with E-state index in [1.807, 2.05) is 55.6 Å². The summed E-state index contributed by atoms with van der Waals surface area (Å²) in [5.74, 6) is 1.99. The van der Waals surface area contributed by atoms with Crippen molar-refractivity contribution in [2.45, 2.75) is 13.1 Å². The van der Waals surface area contributed by atoms with Gasteiger partial charge in [0.2, 0.25) is 11.7 Å². The molecule has 4 rings (SSSR count). The number of hydrogen-bond donors (Lipinski definition) is 1. The Labute approximate surface area is 149 Å². The van der Waals surface area contributed by atoms with E-state index in [1.54, 1.807) is 0 Å². The molecule has 0 aliphatic carbocycles. The number of imidazole rings is 1. The summed E-state index contributed by atoms with van der Waals surface area (Å²) in [6.07, 6.45) is 0. The largest absolute Gasteiger partial charge is 0.341 e. The van der Waals surface area contributed by atoms with E-state index in [0.29, 0.717) is 29.8 Å². The number of rotatable bonds is 5. The number of nitrogens with one attached hydrogen (secondary N) is 1. The van der Waals surface area contributed by atoms with Gasteiger partial charge in [0.05, 0.1) is 24.1 Å². The maximum Gasteiger partial charge on any atom is 0.241 e. The van der Waals surface area contributed by atoms with Gasteiger partial charge in [-0.05, 0) is 31.3 Å².